The molecule has 2 aromatic carbocycles. The first kappa shape index (κ1) is 25.4. The van der Waals surface area contributed by atoms with E-state index < -0.39 is 23.9 Å². The summed E-state index contributed by atoms with van der Waals surface area (Å²) in [4.78, 5) is 11.0. The molecule has 0 spiro atoms. The molecule has 0 aliphatic heterocycles. The van der Waals surface area contributed by atoms with Crippen molar-refractivity contribution in [1.29, 1.82) is 0 Å². The van der Waals surface area contributed by atoms with Gasteiger partial charge in [-0.15, -0.1) is 13.2 Å². The smallest absolute Gasteiger partial charge is 0.486 e. The summed E-state index contributed by atoms with van der Waals surface area (Å²) in [6.45, 7) is 5.55. The Bertz CT molecular complexity index is 1160. The van der Waals surface area contributed by atoms with Gasteiger partial charge in [0.1, 0.15) is 23.7 Å². The summed E-state index contributed by atoms with van der Waals surface area (Å²) in [5.41, 5.74) is 1.96. The second-order valence-corrected chi connectivity index (χ2v) is 8.45. The second kappa shape index (κ2) is 10.4. The molecule has 0 atom stereocenters. The zero-order valence-electron chi connectivity index (χ0n) is 19.1. The number of aliphatic carboxylic acids is 1. The molecule has 0 amide bonds. The number of hydrogen-bond donors (Lipinski definition) is 1. The van der Waals surface area contributed by atoms with Gasteiger partial charge in [-0.2, -0.15) is 0 Å². The third-order valence-electron chi connectivity index (χ3n) is 5.17. The predicted molar refractivity (Wildman–Crippen MR) is 118 cm³/mol. The Labute approximate surface area is 194 Å². The number of aryl methyl sites for hydroxylation is 2. The van der Waals surface area contributed by atoms with Crippen LogP contribution in [0, 0.1) is 11.7 Å². The summed E-state index contributed by atoms with van der Waals surface area (Å²) in [7, 11) is 0. The van der Waals surface area contributed by atoms with Crippen LogP contribution in [0.15, 0.2) is 34.7 Å². The van der Waals surface area contributed by atoms with Gasteiger partial charge >= 0.3 is 12.3 Å². The van der Waals surface area contributed by atoms with E-state index in [1.165, 1.54) is 18.2 Å². The third-order valence-corrected chi connectivity index (χ3v) is 5.17. The first-order chi connectivity index (χ1) is 15.9. The third kappa shape index (κ3) is 6.65. The molecular weight excluding hydrogens is 456 g/mol. The molecule has 1 aromatic heterocycles. The number of carboxylic acids is 1. The number of carbonyl (C=O) groups is 1. The first-order valence-corrected chi connectivity index (χ1v) is 10.9. The van der Waals surface area contributed by atoms with Gasteiger partial charge in [0.25, 0.3) is 0 Å². The number of furan rings is 1. The lowest BCUT2D eigenvalue weighted by molar-refractivity contribution is -0.274. The highest BCUT2D eigenvalue weighted by Crippen LogP contribution is 2.33. The minimum atomic E-state index is -4.87. The molecule has 0 saturated heterocycles. The molecule has 0 fully saturated rings. The quantitative estimate of drug-likeness (QED) is 0.321. The second-order valence-electron chi connectivity index (χ2n) is 8.45. The maximum Gasteiger partial charge on any atom is 0.573 e. The summed E-state index contributed by atoms with van der Waals surface area (Å²) >= 11 is 0. The number of fused-ring (bicyclic) bond motifs is 1. The SMILES string of the molecule is CCc1cc2cc(OC(F)(F)F)cc(COc3cc(CC(C)C)c(CCC(=O)O)cc3F)c2o1. The average molecular weight is 482 g/mol. The van der Waals surface area contributed by atoms with E-state index in [0.29, 0.717) is 35.1 Å². The maximum absolute atomic E-state index is 14.8. The van der Waals surface area contributed by atoms with Gasteiger partial charge in [-0.3, -0.25) is 4.79 Å². The van der Waals surface area contributed by atoms with Gasteiger partial charge in [0.2, 0.25) is 0 Å². The fraction of sp³-hybridized carbons (Fsp3) is 0.400. The molecule has 0 aliphatic rings. The number of hydrogen-bond acceptors (Lipinski definition) is 4. The van der Waals surface area contributed by atoms with E-state index in [-0.39, 0.29) is 36.7 Å². The van der Waals surface area contributed by atoms with Crippen LogP contribution in [0.1, 0.15) is 49.6 Å². The molecule has 0 radical (unpaired) electrons. The number of halogens is 4. The van der Waals surface area contributed by atoms with Crippen molar-refractivity contribution in [3.8, 4) is 11.5 Å². The largest absolute Gasteiger partial charge is 0.573 e. The summed E-state index contributed by atoms with van der Waals surface area (Å²) < 4.78 is 68.6. The van der Waals surface area contributed by atoms with Crippen molar-refractivity contribution < 1.29 is 41.4 Å². The molecule has 0 unspecified atom stereocenters. The minimum absolute atomic E-state index is 0.0766. The number of benzene rings is 2. The van der Waals surface area contributed by atoms with Crippen molar-refractivity contribution in [2.75, 3.05) is 0 Å². The van der Waals surface area contributed by atoms with Crippen LogP contribution in [0.4, 0.5) is 17.6 Å². The number of rotatable bonds is 10. The molecule has 0 bridgehead atoms. The monoisotopic (exact) mass is 482 g/mol. The van der Waals surface area contributed by atoms with Crippen molar-refractivity contribution >= 4 is 16.9 Å². The van der Waals surface area contributed by atoms with Crippen LogP contribution in [-0.2, 0) is 30.7 Å². The lowest BCUT2D eigenvalue weighted by Gasteiger charge is -2.16. The molecular formula is C25H26F4O5. The van der Waals surface area contributed by atoms with E-state index in [4.69, 9.17) is 14.3 Å². The van der Waals surface area contributed by atoms with Gasteiger partial charge < -0.3 is 19.0 Å². The molecule has 3 rings (SSSR count). The number of carboxylic acid groups (broad SMARTS) is 1. The number of alkyl halides is 3. The van der Waals surface area contributed by atoms with Crippen LogP contribution in [0.2, 0.25) is 0 Å². The lowest BCUT2D eigenvalue weighted by Crippen LogP contribution is -2.17. The van der Waals surface area contributed by atoms with Crippen molar-refractivity contribution in [3.63, 3.8) is 0 Å². The van der Waals surface area contributed by atoms with Crippen LogP contribution in [0.25, 0.3) is 11.0 Å². The van der Waals surface area contributed by atoms with Gasteiger partial charge in [0, 0.05) is 23.8 Å². The molecule has 0 saturated carbocycles. The minimum Gasteiger partial charge on any atom is -0.486 e. The van der Waals surface area contributed by atoms with E-state index >= 15 is 0 Å². The highest BCUT2D eigenvalue weighted by Gasteiger charge is 2.31. The van der Waals surface area contributed by atoms with Crippen LogP contribution >= 0.6 is 0 Å². The van der Waals surface area contributed by atoms with E-state index in [0.717, 1.165) is 11.6 Å². The van der Waals surface area contributed by atoms with Crippen molar-refractivity contribution in [2.45, 2.75) is 59.4 Å². The summed E-state index contributed by atoms with van der Waals surface area (Å²) in [6.07, 6.45) is -3.70. The Hall–Kier alpha value is -3.23. The Kier molecular flexibility index (Phi) is 7.74. The highest BCUT2D eigenvalue weighted by molar-refractivity contribution is 5.83. The first-order valence-electron chi connectivity index (χ1n) is 10.9. The fourth-order valence-electron chi connectivity index (χ4n) is 3.73. The van der Waals surface area contributed by atoms with E-state index in [2.05, 4.69) is 4.74 Å². The van der Waals surface area contributed by atoms with E-state index in [1.54, 1.807) is 6.07 Å². The maximum atomic E-state index is 14.8. The molecule has 3 aromatic rings. The van der Waals surface area contributed by atoms with Gasteiger partial charge in [-0.05, 0) is 60.2 Å². The van der Waals surface area contributed by atoms with Crippen LogP contribution < -0.4 is 9.47 Å². The number of ether oxygens (including phenoxy) is 2. The van der Waals surface area contributed by atoms with Crippen LogP contribution in [0.3, 0.4) is 0 Å². The molecule has 1 N–H and O–H groups in total. The topological polar surface area (TPSA) is 68.9 Å². The predicted octanol–water partition coefficient (Wildman–Crippen LogP) is 6.83. The van der Waals surface area contributed by atoms with Crippen molar-refractivity contribution in [1.82, 2.24) is 0 Å². The Balaban J connectivity index is 1.93. The standard InChI is InChI=1S/C25H26F4O5/c1-4-19-8-17-9-20(34-25(27,28)29)10-18(24(17)33-19)13-32-22-12-16(7-14(2)3)15(11-21(22)26)5-6-23(30)31/h8-12,14H,4-7,13H2,1-3H3,(H,30,31). The molecule has 5 nitrogen and oxygen atoms in total. The van der Waals surface area contributed by atoms with Gasteiger partial charge in [-0.25, -0.2) is 4.39 Å². The zero-order chi connectivity index (χ0) is 25.0. The average Bonchev–Trinajstić information content (AvgIpc) is 3.14. The normalized spacial score (nSPS) is 11.9. The Morgan fingerprint density at radius 2 is 1.82 bits per heavy atom. The van der Waals surface area contributed by atoms with E-state index in [9.17, 15) is 22.4 Å². The van der Waals surface area contributed by atoms with Gasteiger partial charge in [-0.1, -0.05) is 20.8 Å². The van der Waals surface area contributed by atoms with Crippen LogP contribution in [0.5, 0.6) is 11.5 Å². The van der Waals surface area contributed by atoms with Crippen molar-refractivity contribution in [2.24, 2.45) is 5.92 Å². The van der Waals surface area contributed by atoms with Crippen LogP contribution in [-0.4, -0.2) is 17.4 Å². The van der Waals surface area contributed by atoms with E-state index in [1.807, 2.05) is 20.8 Å². The summed E-state index contributed by atoms with van der Waals surface area (Å²) in [6, 6.07) is 6.80. The highest BCUT2D eigenvalue weighted by atomic mass is 19.4. The lowest BCUT2D eigenvalue weighted by atomic mass is 9.95. The van der Waals surface area contributed by atoms with Crippen molar-refractivity contribution in [3.05, 3.63) is 58.6 Å². The molecule has 9 heteroatoms. The summed E-state index contributed by atoms with van der Waals surface area (Å²) in [5.74, 6) is -1.35. The molecule has 1 heterocycles. The molecule has 0 aliphatic carbocycles. The molecule has 184 valence electrons. The Morgan fingerprint density at radius 3 is 2.44 bits per heavy atom. The van der Waals surface area contributed by atoms with Gasteiger partial charge in [0.05, 0.1) is 0 Å². The fourth-order valence-corrected chi connectivity index (χ4v) is 3.73. The van der Waals surface area contributed by atoms with Gasteiger partial charge in [0.15, 0.2) is 11.6 Å². The molecule has 34 heavy (non-hydrogen) atoms. The Morgan fingerprint density at radius 1 is 1.09 bits per heavy atom. The summed E-state index contributed by atoms with van der Waals surface area (Å²) in [5, 5.41) is 9.39. The zero-order valence-corrected chi connectivity index (χ0v) is 19.1.